The Bertz CT molecular complexity index is 884. The number of nitrogens with zero attached hydrogens (tertiary/aromatic N) is 1. The summed E-state index contributed by atoms with van der Waals surface area (Å²) >= 11 is 15.0. The molecule has 8 heteroatoms. The molecule has 3 rings (SSSR count). The second-order valence-corrected chi connectivity index (χ2v) is 6.57. The van der Waals surface area contributed by atoms with E-state index in [2.05, 4.69) is 21.2 Å². The van der Waals surface area contributed by atoms with Crippen LogP contribution in [-0.4, -0.2) is 11.8 Å². The van der Waals surface area contributed by atoms with Crippen LogP contribution in [0.25, 0.3) is 0 Å². The zero-order valence-corrected chi connectivity index (χ0v) is 14.9. The fourth-order valence-electron chi connectivity index (χ4n) is 2.15. The minimum absolute atomic E-state index is 0.0905. The molecule has 24 heavy (non-hydrogen) atoms. The number of carbonyl (C=O) groups is 2. The zero-order valence-electron chi connectivity index (χ0n) is 11.8. The molecule has 1 aliphatic heterocycles. The van der Waals surface area contributed by atoms with Gasteiger partial charge in [-0.3, -0.25) is 9.59 Å². The Morgan fingerprint density at radius 1 is 1.00 bits per heavy atom. The monoisotopic (exact) mass is 428 g/mol. The molecular weight excluding hydrogens is 422 g/mol. The molecule has 0 bridgehead atoms. The first-order valence-electron chi connectivity index (χ1n) is 6.64. The third kappa shape index (κ3) is 3.05. The summed E-state index contributed by atoms with van der Waals surface area (Å²) in [6.45, 7) is 0. The zero-order chi connectivity index (χ0) is 17.4. The van der Waals surface area contributed by atoms with E-state index >= 15 is 0 Å². The van der Waals surface area contributed by atoms with Crippen molar-refractivity contribution in [2.24, 2.45) is 0 Å². The second kappa shape index (κ2) is 6.55. The van der Waals surface area contributed by atoms with Gasteiger partial charge in [0.2, 0.25) is 0 Å². The van der Waals surface area contributed by atoms with E-state index < -0.39 is 17.6 Å². The van der Waals surface area contributed by atoms with Crippen molar-refractivity contribution in [3.63, 3.8) is 0 Å². The fourth-order valence-corrected chi connectivity index (χ4v) is 2.81. The molecule has 1 heterocycles. The maximum atomic E-state index is 13.2. The highest BCUT2D eigenvalue weighted by Gasteiger charge is 2.38. The van der Waals surface area contributed by atoms with E-state index in [9.17, 15) is 14.0 Å². The van der Waals surface area contributed by atoms with Gasteiger partial charge in [0.15, 0.2) is 0 Å². The third-order valence-electron chi connectivity index (χ3n) is 3.30. The lowest BCUT2D eigenvalue weighted by Gasteiger charge is -2.15. The molecule has 2 aromatic rings. The van der Waals surface area contributed by atoms with Gasteiger partial charge in [-0.2, -0.15) is 0 Å². The molecule has 0 aliphatic carbocycles. The topological polar surface area (TPSA) is 49.4 Å². The quantitative estimate of drug-likeness (QED) is 0.720. The van der Waals surface area contributed by atoms with Crippen molar-refractivity contribution in [2.45, 2.75) is 0 Å². The number of nitrogens with one attached hydrogen (secondary N) is 1. The lowest BCUT2D eigenvalue weighted by molar-refractivity contribution is -0.120. The number of hydrogen-bond donors (Lipinski definition) is 1. The van der Waals surface area contributed by atoms with E-state index in [1.807, 2.05) is 0 Å². The SMILES string of the molecule is O=C1C(Cl)=C(Nc2ccc(F)c(Cl)c2)C(=O)N1c1ccc(Br)cc1. The Kier molecular flexibility index (Phi) is 4.62. The molecule has 2 aromatic carbocycles. The van der Waals surface area contributed by atoms with Gasteiger partial charge in [0, 0.05) is 10.2 Å². The molecule has 4 nitrogen and oxygen atoms in total. The molecule has 0 radical (unpaired) electrons. The van der Waals surface area contributed by atoms with Crippen LogP contribution in [0, 0.1) is 5.82 Å². The van der Waals surface area contributed by atoms with Gasteiger partial charge in [0.1, 0.15) is 16.5 Å². The van der Waals surface area contributed by atoms with Crippen molar-refractivity contribution in [1.29, 1.82) is 0 Å². The molecule has 0 unspecified atom stereocenters. The van der Waals surface area contributed by atoms with Gasteiger partial charge in [-0.1, -0.05) is 39.1 Å². The van der Waals surface area contributed by atoms with Crippen LogP contribution in [0.1, 0.15) is 0 Å². The summed E-state index contributed by atoms with van der Waals surface area (Å²) in [6, 6.07) is 10.5. The van der Waals surface area contributed by atoms with E-state index in [0.717, 1.165) is 15.4 Å². The second-order valence-electron chi connectivity index (χ2n) is 4.87. The van der Waals surface area contributed by atoms with Crippen LogP contribution in [0.2, 0.25) is 5.02 Å². The van der Waals surface area contributed by atoms with Crippen molar-refractivity contribution in [2.75, 3.05) is 10.2 Å². The van der Waals surface area contributed by atoms with Gasteiger partial charge in [0.25, 0.3) is 11.8 Å². The minimum Gasteiger partial charge on any atom is -0.350 e. The molecule has 0 saturated carbocycles. The highest BCUT2D eigenvalue weighted by atomic mass is 79.9. The maximum absolute atomic E-state index is 13.2. The van der Waals surface area contributed by atoms with E-state index in [1.54, 1.807) is 24.3 Å². The van der Waals surface area contributed by atoms with Gasteiger partial charge in [0.05, 0.1) is 10.7 Å². The summed E-state index contributed by atoms with van der Waals surface area (Å²) in [5.41, 5.74) is 0.640. The van der Waals surface area contributed by atoms with E-state index in [0.29, 0.717) is 11.4 Å². The first-order valence-corrected chi connectivity index (χ1v) is 8.19. The number of imide groups is 1. The summed E-state index contributed by atoms with van der Waals surface area (Å²) in [6.07, 6.45) is 0. The van der Waals surface area contributed by atoms with Gasteiger partial charge < -0.3 is 5.32 Å². The summed E-state index contributed by atoms with van der Waals surface area (Å²) in [7, 11) is 0. The Balaban J connectivity index is 1.91. The number of amides is 2. The van der Waals surface area contributed by atoms with Crippen molar-refractivity contribution >= 4 is 62.3 Å². The van der Waals surface area contributed by atoms with Gasteiger partial charge in [-0.05, 0) is 42.5 Å². The van der Waals surface area contributed by atoms with Crippen LogP contribution in [0.3, 0.4) is 0 Å². The predicted molar refractivity (Wildman–Crippen MR) is 94.5 cm³/mol. The summed E-state index contributed by atoms with van der Waals surface area (Å²) in [4.78, 5) is 25.8. The Morgan fingerprint density at radius 2 is 1.67 bits per heavy atom. The van der Waals surface area contributed by atoms with Crippen LogP contribution < -0.4 is 10.2 Å². The predicted octanol–water partition coefficient (Wildman–Crippen LogP) is 4.68. The van der Waals surface area contributed by atoms with Gasteiger partial charge in [-0.25, -0.2) is 9.29 Å². The number of rotatable bonds is 3. The molecule has 122 valence electrons. The molecule has 0 aromatic heterocycles. The lowest BCUT2D eigenvalue weighted by Crippen LogP contribution is -2.32. The summed E-state index contributed by atoms with van der Waals surface area (Å²) in [5.74, 6) is -1.83. The molecule has 1 aliphatic rings. The lowest BCUT2D eigenvalue weighted by atomic mass is 10.3. The normalized spacial score (nSPS) is 14.6. The van der Waals surface area contributed by atoms with Crippen LogP contribution in [0.5, 0.6) is 0 Å². The minimum atomic E-state index is -0.639. The smallest absolute Gasteiger partial charge is 0.283 e. The number of halogens is 4. The average molecular weight is 430 g/mol. The number of hydrogen-bond acceptors (Lipinski definition) is 3. The van der Waals surface area contributed by atoms with Crippen LogP contribution in [-0.2, 0) is 9.59 Å². The van der Waals surface area contributed by atoms with Crippen LogP contribution >= 0.6 is 39.1 Å². The molecular formula is C16H8BrCl2FN2O2. The van der Waals surface area contributed by atoms with Crippen molar-refractivity contribution in [3.8, 4) is 0 Å². The van der Waals surface area contributed by atoms with Gasteiger partial charge >= 0.3 is 0 Å². The first kappa shape index (κ1) is 17.0. The summed E-state index contributed by atoms with van der Waals surface area (Å²) < 4.78 is 14.0. The molecule has 0 fully saturated rings. The third-order valence-corrected chi connectivity index (χ3v) is 4.47. The number of anilines is 2. The van der Waals surface area contributed by atoms with Gasteiger partial charge in [-0.15, -0.1) is 0 Å². The molecule has 2 amide bonds. The van der Waals surface area contributed by atoms with Crippen LogP contribution in [0.4, 0.5) is 15.8 Å². The van der Waals surface area contributed by atoms with E-state index in [1.165, 1.54) is 12.1 Å². The standard InChI is InChI=1S/C16H8BrCl2FN2O2/c17-8-1-4-10(5-2-8)22-15(23)13(19)14(16(22)24)21-9-3-6-12(20)11(18)7-9/h1-7,21H. The Hall–Kier alpha value is -1.89. The maximum Gasteiger partial charge on any atom is 0.283 e. The molecule has 1 N–H and O–H groups in total. The number of carbonyl (C=O) groups excluding carboxylic acids is 2. The van der Waals surface area contributed by atoms with E-state index in [-0.39, 0.29) is 15.8 Å². The Labute approximate surface area is 155 Å². The highest BCUT2D eigenvalue weighted by Crippen LogP contribution is 2.31. The first-order chi connectivity index (χ1) is 11.4. The Morgan fingerprint density at radius 3 is 2.29 bits per heavy atom. The highest BCUT2D eigenvalue weighted by molar-refractivity contribution is 9.10. The average Bonchev–Trinajstić information content (AvgIpc) is 2.76. The van der Waals surface area contributed by atoms with E-state index in [4.69, 9.17) is 23.2 Å². The van der Waals surface area contributed by atoms with Crippen molar-refractivity contribution < 1.29 is 14.0 Å². The largest absolute Gasteiger partial charge is 0.350 e. The fraction of sp³-hybridized carbons (Fsp3) is 0. The molecule has 0 spiro atoms. The number of benzene rings is 2. The van der Waals surface area contributed by atoms with Crippen LogP contribution in [0.15, 0.2) is 57.7 Å². The molecule has 0 saturated heterocycles. The van der Waals surface area contributed by atoms with Crippen molar-refractivity contribution in [1.82, 2.24) is 0 Å². The van der Waals surface area contributed by atoms with Crippen molar-refractivity contribution in [3.05, 3.63) is 68.5 Å². The molecule has 0 atom stereocenters. The summed E-state index contributed by atoms with van der Waals surface area (Å²) in [5, 5.41) is 2.37.